The van der Waals surface area contributed by atoms with Gasteiger partial charge in [-0.3, -0.25) is 4.99 Å². The molecule has 146 valence electrons. The molecule has 1 aromatic carbocycles. The van der Waals surface area contributed by atoms with Gasteiger partial charge in [0, 0.05) is 45.0 Å². The summed E-state index contributed by atoms with van der Waals surface area (Å²) >= 11 is 1.66. The van der Waals surface area contributed by atoms with Crippen molar-refractivity contribution in [3.05, 3.63) is 45.7 Å². The number of hydrogen-bond acceptors (Lipinski definition) is 5. The number of morpholine rings is 1. The number of rotatable bonds is 6. The number of benzene rings is 1. The second-order valence-electron chi connectivity index (χ2n) is 6.35. The second kappa shape index (κ2) is 9.66. The number of anilines is 1. The van der Waals surface area contributed by atoms with Crippen LogP contribution in [-0.4, -0.2) is 50.8 Å². The van der Waals surface area contributed by atoms with Crippen LogP contribution in [0.2, 0.25) is 0 Å². The zero-order valence-corrected chi connectivity index (χ0v) is 16.6. The van der Waals surface area contributed by atoms with Crippen LogP contribution in [0.15, 0.2) is 28.6 Å². The molecule has 27 heavy (non-hydrogen) atoms. The smallest absolute Gasteiger partial charge is 0.191 e. The first-order valence-electron chi connectivity index (χ1n) is 9.12. The second-order valence-corrected chi connectivity index (χ2v) is 7.41. The lowest BCUT2D eigenvalue weighted by Crippen LogP contribution is -2.38. The van der Waals surface area contributed by atoms with Crippen molar-refractivity contribution in [3.8, 4) is 0 Å². The van der Waals surface area contributed by atoms with E-state index in [0.717, 1.165) is 42.3 Å². The zero-order valence-electron chi connectivity index (χ0n) is 15.8. The predicted octanol–water partition coefficient (Wildman–Crippen LogP) is 2.33. The average molecular weight is 392 g/mol. The molecule has 0 atom stereocenters. The van der Waals surface area contributed by atoms with Crippen LogP contribution in [0.4, 0.5) is 10.1 Å². The Morgan fingerprint density at radius 2 is 2.15 bits per heavy atom. The number of guanidine groups is 1. The molecule has 0 aliphatic carbocycles. The van der Waals surface area contributed by atoms with Crippen LogP contribution in [-0.2, 0) is 17.7 Å². The minimum Gasteiger partial charge on any atom is -0.378 e. The Hall–Kier alpha value is -2.19. The van der Waals surface area contributed by atoms with Crippen LogP contribution in [0, 0.1) is 12.7 Å². The molecule has 1 aliphatic rings. The lowest BCUT2D eigenvalue weighted by molar-refractivity contribution is 0.122. The van der Waals surface area contributed by atoms with Crippen molar-refractivity contribution in [2.45, 2.75) is 19.9 Å². The third-order valence-corrected chi connectivity index (χ3v) is 5.21. The van der Waals surface area contributed by atoms with Crippen LogP contribution in [0.3, 0.4) is 0 Å². The van der Waals surface area contributed by atoms with E-state index in [1.54, 1.807) is 24.5 Å². The monoisotopic (exact) mass is 391 g/mol. The Labute approximate surface area is 163 Å². The van der Waals surface area contributed by atoms with Crippen molar-refractivity contribution >= 4 is 23.0 Å². The van der Waals surface area contributed by atoms with Crippen molar-refractivity contribution in [3.63, 3.8) is 0 Å². The third-order valence-electron chi connectivity index (χ3n) is 4.39. The summed E-state index contributed by atoms with van der Waals surface area (Å²) in [6.07, 6.45) is 0.841. The van der Waals surface area contributed by atoms with Crippen LogP contribution in [0.5, 0.6) is 0 Å². The van der Waals surface area contributed by atoms with Gasteiger partial charge in [-0.05, 0) is 24.6 Å². The van der Waals surface area contributed by atoms with E-state index in [-0.39, 0.29) is 5.82 Å². The highest BCUT2D eigenvalue weighted by Crippen LogP contribution is 2.21. The number of aliphatic imine (C=N–C) groups is 1. The molecule has 0 spiro atoms. The van der Waals surface area contributed by atoms with E-state index >= 15 is 0 Å². The van der Waals surface area contributed by atoms with E-state index in [0.29, 0.717) is 31.4 Å². The summed E-state index contributed by atoms with van der Waals surface area (Å²) in [6.45, 7) is 6.00. The van der Waals surface area contributed by atoms with Crippen LogP contribution in [0.25, 0.3) is 0 Å². The van der Waals surface area contributed by atoms with E-state index in [9.17, 15) is 4.39 Å². The largest absolute Gasteiger partial charge is 0.378 e. The number of halogens is 1. The lowest BCUT2D eigenvalue weighted by atomic mass is 10.1. The van der Waals surface area contributed by atoms with Gasteiger partial charge in [0.15, 0.2) is 5.96 Å². The van der Waals surface area contributed by atoms with E-state index < -0.39 is 0 Å². The van der Waals surface area contributed by atoms with Crippen LogP contribution < -0.4 is 15.5 Å². The van der Waals surface area contributed by atoms with Gasteiger partial charge in [-0.2, -0.15) is 0 Å². The normalized spacial score (nSPS) is 15.1. The van der Waals surface area contributed by atoms with Crippen LogP contribution >= 0.6 is 11.3 Å². The molecule has 0 amide bonds. The van der Waals surface area contributed by atoms with Gasteiger partial charge in [0.1, 0.15) is 5.82 Å². The molecule has 2 N–H and O–H groups in total. The predicted molar refractivity (Wildman–Crippen MR) is 108 cm³/mol. The highest BCUT2D eigenvalue weighted by molar-refractivity contribution is 7.09. The molecule has 0 bridgehead atoms. The summed E-state index contributed by atoms with van der Waals surface area (Å²) < 4.78 is 19.8. The van der Waals surface area contributed by atoms with Gasteiger partial charge >= 0.3 is 0 Å². The summed E-state index contributed by atoms with van der Waals surface area (Å²) in [7, 11) is 1.73. The Morgan fingerprint density at radius 1 is 1.33 bits per heavy atom. The molecule has 2 heterocycles. The van der Waals surface area contributed by atoms with Gasteiger partial charge in [-0.25, -0.2) is 9.37 Å². The molecule has 8 heteroatoms. The quantitative estimate of drug-likeness (QED) is 0.585. The highest BCUT2D eigenvalue weighted by Gasteiger charge is 2.15. The van der Waals surface area contributed by atoms with Crippen molar-refractivity contribution in [2.75, 3.05) is 44.8 Å². The number of aryl methyl sites for hydroxylation is 1. The zero-order chi connectivity index (χ0) is 19.1. The molecular formula is C19H26FN5OS. The highest BCUT2D eigenvalue weighted by atomic mass is 32.1. The van der Waals surface area contributed by atoms with Gasteiger partial charge in [-0.15, -0.1) is 11.3 Å². The van der Waals surface area contributed by atoms with Crippen molar-refractivity contribution in [1.82, 2.24) is 15.6 Å². The molecule has 1 aromatic heterocycles. The SMILES string of the molecule is CN=C(NCCc1csc(C)n1)NCc1ccc(N2CCOCC2)c(F)c1. The number of nitrogens with one attached hydrogen (secondary N) is 2. The Kier molecular flexibility index (Phi) is 7.00. The van der Waals surface area contributed by atoms with E-state index in [4.69, 9.17) is 4.74 Å². The number of aromatic nitrogens is 1. The van der Waals surface area contributed by atoms with E-state index in [1.165, 1.54) is 0 Å². The van der Waals surface area contributed by atoms with Crippen molar-refractivity contribution in [2.24, 2.45) is 4.99 Å². The van der Waals surface area contributed by atoms with Crippen molar-refractivity contribution < 1.29 is 9.13 Å². The molecule has 1 saturated heterocycles. The summed E-state index contributed by atoms with van der Waals surface area (Å²) in [5.41, 5.74) is 2.60. The number of hydrogen-bond donors (Lipinski definition) is 2. The molecule has 0 unspecified atom stereocenters. The maximum Gasteiger partial charge on any atom is 0.191 e. The van der Waals surface area contributed by atoms with Crippen LogP contribution in [0.1, 0.15) is 16.3 Å². The maximum atomic E-state index is 14.5. The van der Waals surface area contributed by atoms with Gasteiger partial charge in [0.25, 0.3) is 0 Å². The Bertz CT molecular complexity index is 773. The average Bonchev–Trinajstić information content (AvgIpc) is 3.10. The van der Waals surface area contributed by atoms with Gasteiger partial charge < -0.3 is 20.3 Å². The standard InChI is InChI=1S/C19H26FN5OS/c1-14-24-16(13-27-14)5-6-22-19(21-2)23-12-15-3-4-18(17(20)11-15)25-7-9-26-10-8-25/h3-4,11,13H,5-10,12H2,1-2H3,(H2,21,22,23). The number of ether oxygens (including phenoxy) is 1. The molecule has 0 radical (unpaired) electrons. The fraction of sp³-hybridized carbons (Fsp3) is 0.474. The molecule has 6 nitrogen and oxygen atoms in total. The molecule has 2 aromatic rings. The van der Waals surface area contributed by atoms with Gasteiger partial charge in [0.2, 0.25) is 0 Å². The number of nitrogens with zero attached hydrogens (tertiary/aromatic N) is 3. The van der Waals surface area contributed by atoms with E-state index in [1.807, 2.05) is 24.0 Å². The summed E-state index contributed by atoms with van der Waals surface area (Å²) in [5.74, 6) is 0.498. The van der Waals surface area contributed by atoms with Gasteiger partial charge in [-0.1, -0.05) is 6.07 Å². The lowest BCUT2D eigenvalue weighted by Gasteiger charge is -2.29. The summed E-state index contributed by atoms with van der Waals surface area (Å²) in [5, 5.41) is 9.64. The fourth-order valence-electron chi connectivity index (χ4n) is 2.96. The minimum atomic E-state index is -0.196. The van der Waals surface area contributed by atoms with Crippen molar-refractivity contribution in [1.29, 1.82) is 0 Å². The molecule has 3 rings (SSSR count). The first-order chi connectivity index (χ1) is 13.2. The van der Waals surface area contributed by atoms with Gasteiger partial charge in [0.05, 0.1) is 29.6 Å². The molecular weight excluding hydrogens is 365 g/mol. The third kappa shape index (κ3) is 5.64. The molecule has 0 saturated carbocycles. The fourth-order valence-corrected chi connectivity index (χ4v) is 3.61. The minimum absolute atomic E-state index is 0.196. The first-order valence-corrected chi connectivity index (χ1v) is 10.0. The summed E-state index contributed by atoms with van der Waals surface area (Å²) in [6, 6.07) is 5.38. The first kappa shape index (κ1) is 19.6. The molecule has 1 aliphatic heterocycles. The maximum absolute atomic E-state index is 14.5. The Morgan fingerprint density at radius 3 is 2.81 bits per heavy atom. The Balaban J connectivity index is 1.48. The number of thiazole rings is 1. The van der Waals surface area contributed by atoms with E-state index in [2.05, 4.69) is 26.0 Å². The summed E-state index contributed by atoms with van der Waals surface area (Å²) in [4.78, 5) is 10.7. The molecule has 1 fully saturated rings. The topological polar surface area (TPSA) is 61.8 Å².